The molecular formula is C17H23N3O6S. The molecule has 148 valence electrons. The molecular weight excluding hydrogens is 374 g/mol. The number of carbonyl (C=O) groups excluding carboxylic acids is 1. The van der Waals surface area contributed by atoms with E-state index in [4.69, 9.17) is 15.1 Å². The maximum absolute atomic E-state index is 13.0. The molecule has 1 aromatic rings. The van der Waals surface area contributed by atoms with Gasteiger partial charge in [0.1, 0.15) is 24.5 Å². The monoisotopic (exact) mass is 397 g/mol. The number of aliphatic hydroxyl groups excluding tert-OH is 1. The number of amides is 1. The predicted molar refractivity (Wildman–Crippen MR) is 96.5 cm³/mol. The molecule has 9 nitrogen and oxygen atoms in total. The molecule has 0 spiro atoms. The number of rotatable bonds is 5. The fourth-order valence-electron chi connectivity index (χ4n) is 2.75. The van der Waals surface area contributed by atoms with Crippen molar-refractivity contribution >= 4 is 15.9 Å². The number of benzene rings is 1. The van der Waals surface area contributed by atoms with E-state index >= 15 is 0 Å². The van der Waals surface area contributed by atoms with Crippen molar-refractivity contribution in [3.63, 3.8) is 0 Å². The average molecular weight is 397 g/mol. The van der Waals surface area contributed by atoms with Crippen molar-refractivity contribution in [3.8, 4) is 17.6 Å². The molecule has 3 atom stereocenters. The maximum Gasteiger partial charge on any atom is 0.263 e. The Balaban J connectivity index is 2.18. The van der Waals surface area contributed by atoms with Crippen molar-refractivity contribution in [1.29, 1.82) is 0 Å². The number of carbonyl (C=O) groups is 1. The highest BCUT2D eigenvalue weighted by molar-refractivity contribution is 7.89. The van der Waals surface area contributed by atoms with E-state index in [9.17, 15) is 13.2 Å². The van der Waals surface area contributed by atoms with Crippen LogP contribution in [0.5, 0.6) is 5.75 Å². The number of sulfonamides is 1. The summed E-state index contributed by atoms with van der Waals surface area (Å²) in [5.74, 6) is 4.80. The second-order valence-electron chi connectivity index (χ2n) is 6.04. The summed E-state index contributed by atoms with van der Waals surface area (Å²) in [6.07, 6.45) is -0.744. The van der Waals surface area contributed by atoms with Crippen molar-refractivity contribution in [2.45, 2.75) is 36.9 Å². The fraction of sp³-hybridized carbons (Fsp3) is 0.471. The third-order valence-electron chi connectivity index (χ3n) is 4.01. The van der Waals surface area contributed by atoms with Gasteiger partial charge in [-0.2, -0.15) is 4.31 Å². The highest BCUT2D eigenvalue weighted by atomic mass is 32.2. The normalized spacial score (nSPS) is 21.6. The Hall–Kier alpha value is -2.16. The first-order valence-corrected chi connectivity index (χ1v) is 9.80. The number of hydrogen-bond acceptors (Lipinski definition) is 7. The van der Waals surface area contributed by atoms with Crippen molar-refractivity contribution in [2.75, 3.05) is 19.7 Å². The third kappa shape index (κ3) is 5.18. The zero-order valence-electron chi connectivity index (χ0n) is 15.0. The zero-order valence-corrected chi connectivity index (χ0v) is 15.9. The first-order chi connectivity index (χ1) is 12.8. The lowest BCUT2D eigenvalue weighted by Gasteiger charge is -2.37. The largest absolute Gasteiger partial charge is 0.481 e. The quantitative estimate of drug-likeness (QED) is 0.294. The highest BCUT2D eigenvalue weighted by Crippen LogP contribution is 2.24. The Morgan fingerprint density at radius 3 is 2.70 bits per heavy atom. The number of aliphatic hydroxyl groups is 1. The second kappa shape index (κ2) is 9.16. The average Bonchev–Trinajstić information content (AvgIpc) is 2.64. The SMILES string of the molecule is CC(O)C#CCOc1ccc(S(=O)(=O)N2CCNC(C)C2C(=O)NO)cc1. The van der Waals surface area contributed by atoms with Crippen LogP contribution in [-0.2, 0) is 14.8 Å². The lowest BCUT2D eigenvalue weighted by Crippen LogP contribution is -2.63. The molecule has 0 saturated carbocycles. The van der Waals surface area contributed by atoms with E-state index in [0.717, 1.165) is 4.31 Å². The minimum Gasteiger partial charge on any atom is -0.481 e. The van der Waals surface area contributed by atoms with Crippen LogP contribution in [0.15, 0.2) is 29.2 Å². The van der Waals surface area contributed by atoms with E-state index in [-0.39, 0.29) is 18.0 Å². The van der Waals surface area contributed by atoms with Crippen LogP contribution in [0.3, 0.4) is 0 Å². The lowest BCUT2D eigenvalue weighted by molar-refractivity contribution is -0.134. The molecule has 1 fully saturated rings. The fourth-order valence-corrected chi connectivity index (χ4v) is 4.41. The summed E-state index contributed by atoms with van der Waals surface area (Å²) in [6.45, 7) is 3.75. The van der Waals surface area contributed by atoms with Crippen LogP contribution in [0.4, 0.5) is 0 Å². The van der Waals surface area contributed by atoms with E-state index in [0.29, 0.717) is 12.3 Å². The molecule has 1 saturated heterocycles. The van der Waals surface area contributed by atoms with E-state index in [2.05, 4.69) is 17.2 Å². The van der Waals surface area contributed by atoms with Gasteiger partial charge in [-0.05, 0) is 38.1 Å². The molecule has 10 heteroatoms. The van der Waals surface area contributed by atoms with Crippen LogP contribution in [0.25, 0.3) is 0 Å². The van der Waals surface area contributed by atoms with Gasteiger partial charge < -0.3 is 15.2 Å². The Morgan fingerprint density at radius 2 is 2.11 bits per heavy atom. The van der Waals surface area contributed by atoms with Gasteiger partial charge in [0.2, 0.25) is 10.0 Å². The molecule has 3 unspecified atom stereocenters. The van der Waals surface area contributed by atoms with Gasteiger partial charge in [-0.25, -0.2) is 13.9 Å². The minimum atomic E-state index is -3.95. The second-order valence-corrected chi connectivity index (χ2v) is 7.93. The molecule has 2 rings (SSSR count). The number of ether oxygens (including phenoxy) is 1. The summed E-state index contributed by atoms with van der Waals surface area (Å²) in [4.78, 5) is 12.0. The molecule has 1 amide bonds. The molecule has 0 bridgehead atoms. The Labute approximate surface area is 158 Å². The smallest absolute Gasteiger partial charge is 0.263 e. The van der Waals surface area contributed by atoms with Crippen LogP contribution in [-0.4, -0.2) is 66.8 Å². The number of nitrogens with zero attached hydrogens (tertiary/aromatic N) is 1. The molecule has 4 N–H and O–H groups in total. The van der Waals surface area contributed by atoms with Gasteiger partial charge in [-0.15, -0.1) is 0 Å². The minimum absolute atomic E-state index is 0.00903. The van der Waals surface area contributed by atoms with Gasteiger partial charge in [0, 0.05) is 19.1 Å². The van der Waals surface area contributed by atoms with Crippen molar-refractivity contribution in [2.24, 2.45) is 0 Å². The Bertz CT molecular complexity index is 813. The van der Waals surface area contributed by atoms with Crippen molar-refractivity contribution < 1.29 is 28.3 Å². The first kappa shape index (κ1) is 21.1. The molecule has 1 aliphatic heterocycles. The molecule has 0 aromatic heterocycles. The molecule has 1 aromatic carbocycles. The lowest BCUT2D eigenvalue weighted by atomic mass is 10.1. The molecule has 0 radical (unpaired) electrons. The van der Waals surface area contributed by atoms with Crippen molar-refractivity contribution in [1.82, 2.24) is 15.1 Å². The highest BCUT2D eigenvalue weighted by Gasteiger charge is 2.41. The van der Waals surface area contributed by atoms with Gasteiger partial charge in [0.15, 0.2) is 0 Å². The molecule has 1 aliphatic rings. The Morgan fingerprint density at radius 1 is 1.44 bits per heavy atom. The van der Waals surface area contributed by atoms with Crippen LogP contribution < -0.4 is 15.5 Å². The number of hydrogen-bond donors (Lipinski definition) is 4. The number of nitrogens with one attached hydrogen (secondary N) is 2. The van der Waals surface area contributed by atoms with Crippen LogP contribution in [0.2, 0.25) is 0 Å². The van der Waals surface area contributed by atoms with Crippen LogP contribution in [0.1, 0.15) is 13.8 Å². The summed E-state index contributed by atoms with van der Waals surface area (Å²) in [5.41, 5.74) is 1.53. The number of hydroxylamine groups is 1. The standard InChI is InChI=1S/C17H23N3O6S/c1-12(21)4-3-11-26-14-5-7-15(8-6-14)27(24,25)20-10-9-18-13(2)16(20)17(22)19-23/h5-8,12-13,16,18,21,23H,9-11H2,1-2H3,(H,19,22). The molecule has 1 heterocycles. The van der Waals surface area contributed by atoms with Crippen LogP contribution in [0, 0.1) is 11.8 Å². The maximum atomic E-state index is 13.0. The van der Waals surface area contributed by atoms with E-state index in [1.807, 2.05) is 0 Å². The topological polar surface area (TPSA) is 128 Å². The molecule has 0 aliphatic carbocycles. The molecule has 27 heavy (non-hydrogen) atoms. The summed E-state index contributed by atoms with van der Waals surface area (Å²) >= 11 is 0. The summed E-state index contributed by atoms with van der Waals surface area (Å²) in [5, 5.41) is 21.0. The first-order valence-electron chi connectivity index (χ1n) is 8.36. The van der Waals surface area contributed by atoms with Gasteiger partial charge in [0.05, 0.1) is 4.90 Å². The van der Waals surface area contributed by atoms with Crippen molar-refractivity contribution in [3.05, 3.63) is 24.3 Å². The van der Waals surface area contributed by atoms with Gasteiger partial charge in [-0.1, -0.05) is 11.8 Å². The van der Waals surface area contributed by atoms with Gasteiger partial charge in [-0.3, -0.25) is 10.0 Å². The summed E-state index contributed by atoms with van der Waals surface area (Å²) in [7, 11) is -3.95. The predicted octanol–water partition coefficient (Wildman–Crippen LogP) is -0.694. The van der Waals surface area contributed by atoms with E-state index in [1.54, 1.807) is 6.92 Å². The van der Waals surface area contributed by atoms with E-state index < -0.39 is 34.1 Å². The Kier molecular flexibility index (Phi) is 7.18. The van der Waals surface area contributed by atoms with Gasteiger partial charge in [0.25, 0.3) is 5.91 Å². The van der Waals surface area contributed by atoms with E-state index in [1.165, 1.54) is 36.7 Å². The number of piperazine rings is 1. The zero-order chi connectivity index (χ0) is 20.0. The van der Waals surface area contributed by atoms with Gasteiger partial charge >= 0.3 is 0 Å². The summed E-state index contributed by atoms with van der Waals surface area (Å²) in [6, 6.07) is 4.21. The third-order valence-corrected chi connectivity index (χ3v) is 5.91. The summed E-state index contributed by atoms with van der Waals surface area (Å²) < 4.78 is 32.3. The van der Waals surface area contributed by atoms with Crippen LogP contribution >= 0.6 is 0 Å².